The fraction of sp³-hybridized carbons (Fsp3) is 0.200. The Morgan fingerprint density at radius 3 is 0.739 bits per heavy atom. The first kappa shape index (κ1) is 32.0. The topological polar surface area (TPSA) is 53.4 Å². The molecule has 1 aliphatic rings. The van der Waals surface area contributed by atoms with E-state index >= 15 is 0 Å². The second-order valence-corrected chi connectivity index (χ2v) is 12.4. The van der Waals surface area contributed by atoms with E-state index in [1.54, 1.807) is 0 Å². The zero-order valence-corrected chi connectivity index (χ0v) is 28.1. The van der Waals surface area contributed by atoms with E-state index in [1.807, 2.05) is 68.5 Å². The number of allylic oxidation sites excluding steroid dienone is 2. The van der Waals surface area contributed by atoms with Gasteiger partial charge in [-0.3, -0.25) is 0 Å². The third-order valence-corrected chi connectivity index (χ3v) is 8.38. The van der Waals surface area contributed by atoms with Crippen LogP contribution in [0.1, 0.15) is 22.3 Å². The highest BCUT2D eigenvalue weighted by atomic mass is 16.3. The Labute approximate surface area is 273 Å². The van der Waals surface area contributed by atoms with Crippen LogP contribution in [0.25, 0.3) is 11.1 Å². The van der Waals surface area contributed by atoms with Crippen molar-refractivity contribution < 1.29 is 10.2 Å². The first-order valence-corrected chi connectivity index (χ1v) is 15.4. The van der Waals surface area contributed by atoms with E-state index in [0.717, 1.165) is 56.1 Å². The monoisotopic (exact) mass is 612 g/mol. The van der Waals surface area contributed by atoms with Crippen molar-refractivity contribution in [2.75, 3.05) is 76.0 Å². The van der Waals surface area contributed by atoms with Crippen molar-refractivity contribution in [3.8, 4) is 0 Å². The summed E-state index contributed by atoms with van der Waals surface area (Å²) in [6, 6.07) is 33.2. The Hall–Kier alpha value is -5.36. The van der Waals surface area contributed by atoms with Gasteiger partial charge in [0.2, 0.25) is 0 Å². The van der Waals surface area contributed by atoms with Crippen molar-refractivity contribution in [3.63, 3.8) is 0 Å². The summed E-state index contributed by atoms with van der Waals surface area (Å²) in [4.78, 5) is 8.25. The van der Waals surface area contributed by atoms with Gasteiger partial charge in [-0.1, -0.05) is 48.5 Å². The molecule has 236 valence electrons. The minimum atomic E-state index is 0.0668. The highest BCUT2D eigenvalue weighted by Gasteiger charge is 2.28. The van der Waals surface area contributed by atoms with Crippen LogP contribution in [-0.4, -0.2) is 66.6 Å². The maximum Gasteiger partial charge on any atom is 0.137 e. The van der Waals surface area contributed by atoms with Crippen LogP contribution in [0.5, 0.6) is 0 Å². The summed E-state index contributed by atoms with van der Waals surface area (Å²) in [6.07, 6.45) is 3.77. The van der Waals surface area contributed by atoms with Crippen molar-refractivity contribution in [1.82, 2.24) is 0 Å². The van der Waals surface area contributed by atoms with Crippen molar-refractivity contribution in [3.05, 3.63) is 154 Å². The third-order valence-electron chi connectivity index (χ3n) is 8.38. The first-order valence-electron chi connectivity index (χ1n) is 15.4. The van der Waals surface area contributed by atoms with Gasteiger partial charge in [0.05, 0.1) is 11.1 Å². The van der Waals surface area contributed by atoms with Gasteiger partial charge in [0, 0.05) is 79.1 Å². The molecule has 2 N–H and O–H groups in total. The average Bonchev–Trinajstić information content (AvgIpc) is 3.05. The molecule has 1 aliphatic carbocycles. The Kier molecular flexibility index (Phi) is 9.28. The highest BCUT2D eigenvalue weighted by Crippen LogP contribution is 2.40. The van der Waals surface area contributed by atoms with Crippen molar-refractivity contribution in [1.29, 1.82) is 0 Å². The zero-order valence-electron chi connectivity index (χ0n) is 28.1. The molecular weight excluding hydrogens is 568 g/mol. The summed E-state index contributed by atoms with van der Waals surface area (Å²) in [5.74, 6) is 0.134. The smallest absolute Gasteiger partial charge is 0.137 e. The quantitative estimate of drug-likeness (QED) is 0.189. The van der Waals surface area contributed by atoms with Crippen LogP contribution in [0, 0.1) is 0 Å². The minimum Gasteiger partial charge on any atom is -0.506 e. The summed E-state index contributed by atoms with van der Waals surface area (Å²) in [7, 11) is 16.1. The predicted octanol–water partition coefficient (Wildman–Crippen LogP) is 8.15. The molecule has 0 aromatic heterocycles. The molecule has 0 radical (unpaired) electrons. The highest BCUT2D eigenvalue weighted by molar-refractivity contribution is 5.88. The van der Waals surface area contributed by atoms with Gasteiger partial charge < -0.3 is 29.8 Å². The SMILES string of the molecule is CN(C)c1ccc(C(=CC2=C(O)C(C=C(c3ccc(N(C)C)cc3)c3ccc(N(C)C)cc3)=C2O)c2ccc(N(C)C)cc2)cc1. The standard InChI is InChI=1S/C40H44N4O2/c1-41(2)31-17-9-27(10-18-31)35(28-11-19-32(20-12-28)42(3)4)25-37-39(45)38(40(37)46)26-36(29-13-21-33(22-14-29)43(5)6)30-15-23-34(24-16-30)44(7)8/h9-26,45-46H,1-8H3. The third kappa shape index (κ3) is 6.66. The molecule has 0 heterocycles. The van der Waals surface area contributed by atoms with Gasteiger partial charge in [-0.25, -0.2) is 0 Å². The molecule has 4 aromatic rings. The van der Waals surface area contributed by atoms with E-state index in [9.17, 15) is 10.2 Å². The minimum absolute atomic E-state index is 0.0668. The van der Waals surface area contributed by atoms with Gasteiger partial charge >= 0.3 is 0 Å². The van der Waals surface area contributed by atoms with E-state index in [-0.39, 0.29) is 11.5 Å². The number of rotatable bonds is 10. The van der Waals surface area contributed by atoms with Crippen LogP contribution in [0.15, 0.2) is 132 Å². The maximum atomic E-state index is 11.4. The van der Waals surface area contributed by atoms with Crippen LogP contribution in [0.3, 0.4) is 0 Å². The number of benzene rings is 4. The van der Waals surface area contributed by atoms with E-state index < -0.39 is 0 Å². The lowest BCUT2D eigenvalue weighted by molar-refractivity contribution is 0.355. The van der Waals surface area contributed by atoms with Crippen LogP contribution < -0.4 is 19.6 Å². The summed E-state index contributed by atoms with van der Waals surface area (Å²) < 4.78 is 0. The van der Waals surface area contributed by atoms with Gasteiger partial charge in [-0.2, -0.15) is 0 Å². The average molecular weight is 613 g/mol. The molecule has 6 heteroatoms. The van der Waals surface area contributed by atoms with E-state index in [0.29, 0.717) is 11.1 Å². The van der Waals surface area contributed by atoms with Crippen molar-refractivity contribution in [2.45, 2.75) is 0 Å². The lowest BCUT2D eigenvalue weighted by atomic mass is 9.86. The molecule has 0 fully saturated rings. The number of aliphatic hydroxyl groups excluding tert-OH is 2. The molecule has 0 bridgehead atoms. The van der Waals surface area contributed by atoms with E-state index in [2.05, 4.69) is 117 Å². The first-order chi connectivity index (χ1) is 21.9. The van der Waals surface area contributed by atoms with Gasteiger partial charge in [0.15, 0.2) is 0 Å². The molecule has 46 heavy (non-hydrogen) atoms. The summed E-state index contributed by atoms with van der Waals surface area (Å²) in [6.45, 7) is 0. The number of aliphatic hydroxyl groups is 2. The fourth-order valence-corrected chi connectivity index (χ4v) is 5.44. The van der Waals surface area contributed by atoms with Crippen LogP contribution >= 0.6 is 0 Å². The number of nitrogens with zero attached hydrogens (tertiary/aromatic N) is 4. The molecular formula is C40H44N4O2. The van der Waals surface area contributed by atoms with Gasteiger partial charge in [0.25, 0.3) is 0 Å². The van der Waals surface area contributed by atoms with Gasteiger partial charge in [0.1, 0.15) is 11.5 Å². The maximum absolute atomic E-state index is 11.4. The van der Waals surface area contributed by atoms with Crippen LogP contribution in [0.2, 0.25) is 0 Å². The second-order valence-electron chi connectivity index (χ2n) is 12.4. The molecule has 4 aromatic carbocycles. The molecule has 0 unspecified atom stereocenters. The molecule has 0 spiro atoms. The lowest BCUT2D eigenvalue weighted by Crippen LogP contribution is -2.11. The van der Waals surface area contributed by atoms with Gasteiger partial charge in [-0.05, 0) is 94.1 Å². The molecule has 6 nitrogen and oxygen atoms in total. The molecule has 0 amide bonds. The Balaban J connectivity index is 1.58. The Bertz CT molecular complexity index is 1550. The second kappa shape index (κ2) is 13.3. The molecule has 0 atom stereocenters. The Morgan fingerprint density at radius 1 is 0.370 bits per heavy atom. The summed E-state index contributed by atoms with van der Waals surface area (Å²) >= 11 is 0. The largest absolute Gasteiger partial charge is 0.506 e. The molecule has 0 aliphatic heterocycles. The fourth-order valence-electron chi connectivity index (χ4n) is 5.44. The Morgan fingerprint density at radius 2 is 0.565 bits per heavy atom. The van der Waals surface area contributed by atoms with Crippen LogP contribution in [0.4, 0.5) is 22.7 Å². The summed E-state index contributed by atoms with van der Waals surface area (Å²) in [5, 5.41) is 22.9. The van der Waals surface area contributed by atoms with E-state index in [4.69, 9.17) is 0 Å². The number of hydrogen-bond acceptors (Lipinski definition) is 6. The predicted molar refractivity (Wildman–Crippen MR) is 197 cm³/mol. The molecule has 5 rings (SSSR count). The lowest BCUT2D eigenvalue weighted by Gasteiger charge is -2.23. The molecule has 0 saturated carbocycles. The van der Waals surface area contributed by atoms with E-state index in [1.165, 1.54) is 0 Å². The van der Waals surface area contributed by atoms with Crippen molar-refractivity contribution in [2.24, 2.45) is 0 Å². The number of hydrogen-bond donors (Lipinski definition) is 2. The summed E-state index contributed by atoms with van der Waals surface area (Å²) in [5.41, 5.74) is 11.0. The van der Waals surface area contributed by atoms with Crippen molar-refractivity contribution >= 4 is 33.9 Å². The normalized spacial score (nSPS) is 12.3. The van der Waals surface area contributed by atoms with Crippen LogP contribution in [-0.2, 0) is 0 Å². The van der Waals surface area contributed by atoms with Gasteiger partial charge in [-0.15, -0.1) is 0 Å². The molecule has 0 saturated heterocycles. The number of anilines is 4. The zero-order chi connectivity index (χ0) is 33.1.